The van der Waals surface area contributed by atoms with Crippen LogP contribution >= 0.6 is 0 Å². The van der Waals surface area contributed by atoms with Gasteiger partial charge >= 0.3 is 0 Å². The van der Waals surface area contributed by atoms with Gasteiger partial charge in [0.25, 0.3) is 0 Å². The Labute approximate surface area is 153 Å². The van der Waals surface area contributed by atoms with Gasteiger partial charge in [0.1, 0.15) is 6.17 Å². The van der Waals surface area contributed by atoms with Crippen LogP contribution in [0.2, 0.25) is 0 Å². The van der Waals surface area contributed by atoms with Crippen molar-refractivity contribution in [1.29, 1.82) is 0 Å². The van der Waals surface area contributed by atoms with Crippen LogP contribution in [0.25, 0.3) is 0 Å². The molecule has 0 N–H and O–H groups in total. The number of hydrogen-bond donors (Lipinski definition) is 0. The molecule has 0 aromatic rings. The fraction of sp³-hybridized carbons (Fsp3) is 1.00. The van der Waals surface area contributed by atoms with Gasteiger partial charge in [-0.3, -0.25) is 0 Å². The predicted octanol–water partition coefficient (Wildman–Crippen LogP) is 9.17. The Bertz CT molecular complexity index is 214. The Morgan fingerprint density at radius 2 is 0.667 bits per heavy atom. The van der Waals surface area contributed by atoms with Crippen LogP contribution in [0.15, 0.2) is 0 Å². The van der Waals surface area contributed by atoms with E-state index < -0.39 is 6.17 Å². The third-order valence-electron chi connectivity index (χ3n) is 5.24. The van der Waals surface area contributed by atoms with Gasteiger partial charge in [0.2, 0.25) is 0 Å². The van der Waals surface area contributed by atoms with E-state index in [1.54, 1.807) is 0 Å². The molecule has 0 saturated carbocycles. The summed E-state index contributed by atoms with van der Waals surface area (Å²) < 4.78 is 13.7. The van der Waals surface area contributed by atoms with Crippen LogP contribution in [0.1, 0.15) is 142 Å². The van der Waals surface area contributed by atoms with Crippen molar-refractivity contribution in [1.82, 2.24) is 0 Å². The second kappa shape index (κ2) is 21.0. The smallest absolute Gasteiger partial charge is 0.100 e. The minimum atomic E-state index is -0.529. The van der Waals surface area contributed by atoms with Crippen molar-refractivity contribution in [3.8, 4) is 0 Å². The number of unbranched alkanes of at least 4 members (excludes halogenated alkanes) is 16. The lowest BCUT2D eigenvalue weighted by Crippen LogP contribution is -1.99. The van der Waals surface area contributed by atoms with Crippen LogP contribution in [-0.4, -0.2) is 6.17 Å². The van der Waals surface area contributed by atoms with Crippen molar-refractivity contribution in [3.05, 3.63) is 0 Å². The zero-order valence-electron chi connectivity index (χ0n) is 17.1. The Balaban J connectivity index is 3.06. The molecular formula is C23H47F. The molecule has 0 aliphatic heterocycles. The highest BCUT2D eigenvalue weighted by atomic mass is 19.1. The van der Waals surface area contributed by atoms with E-state index in [1.165, 1.54) is 103 Å². The molecule has 0 radical (unpaired) electrons. The van der Waals surface area contributed by atoms with Crippen LogP contribution in [0, 0.1) is 0 Å². The summed E-state index contributed by atoms with van der Waals surface area (Å²) in [7, 11) is 0. The molecule has 0 heterocycles. The summed E-state index contributed by atoms with van der Waals surface area (Å²) in [5.41, 5.74) is 0. The summed E-state index contributed by atoms with van der Waals surface area (Å²) in [5.74, 6) is 0. The highest BCUT2D eigenvalue weighted by Crippen LogP contribution is 2.16. The van der Waals surface area contributed by atoms with Gasteiger partial charge in [-0.15, -0.1) is 0 Å². The van der Waals surface area contributed by atoms with E-state index in [0.717, 1.165) is 25.7 Å². The predicted molar refractivity (Wildman–Crippen MR) is 109 cm³/mol. The molecule has 1 atom stereocenters. The molecule has 24 heavy (non-hydrogen) atoms. The Morgan fingerprint density at radius 1 is 0.417 bits per heavy atom. The number of alkyl halides is 1. The summed E-state index contributed by atoms with van der Waals surface area (Å²) in [6.07, 6.45) is 25.2. The van der Waals surface area contributed by atoms with Gasteiger partial charge in [-0.2, -0.15) is 0 Å². The molecule has 0 spiro atoms. The highest BCUT2D eigenvalue weighted by molar-refractivity contribution is 4.58. The number of rotatable bonds is 20. The maximum atomic E-state index is 13.7. The molecule has 0 bridgehead atoms. The monoisotopic (exact) mass is 342 g/mol. The first-order valence-corrected chi connectivity index (χ1v) is 11.4. The summed E-state index contributed by atoms with van der Waals surface area (Å²) in [6.45, 7) is 4.49. The molecule has 0 amide bonds. The van der Waals surface area contributed by atoms with Gasteiger partial charge in [0.05, 0.1) is 0 Å². The van der Waals surface area contributed by atoms with Crippen LogP contribution in [0.4, 0.5) is 4.39 Å². The molecule has 0 rings (SSSR count). The third-order valence-corrected chi connectivity index (χ3v) is 5.24. The van der Waals surface area contributed by atoms with E-state index in [4.69, 9.17) is 0 Å². The second-order valence-electron chi connectivity index (χ2n) is 7.83. The van der Waals surface area contributed by atoms with Crippen molar-refractivity contribution >= 4 is 0 Å². The highest BCUT2D eigenvalue weighted by Gasteiger charge is 2.05. The summed E-state index contributed by atoms with van der Waals surface area (Å²) in [6, 6.07) is 0. The maximum Gasteiger partial charge on any atom is 0.100 e. The minimum Gasteiger partial charge on any atom is -0.247 e. The van der Waals surface area contributed by atoms with Crippen molar-refractivity contribution in [2.45, 2.75) is 148 Å². The van der Waals surface area contributed by atoms with Gasteiger partial charge in [-0.25, -0.2) is 4.39 Å². The summed E-state index contributed by atoms with van der Waals surface area (Å²) in [5, 5.41) is 0. The van der Waals surface area contributed by atoms with Gasteiger partial charge < -0.3 is 0 Å². The molecule has 1 unspecified atom stereocenters. The quantitative estimate of drug-likeness (QED) is 0.193. The van der Waals surface area contributed by atoms with Gasteiger partial charge in [-0.05, 0) is 12.8 Å². The molecular weight excluding hydrogens is 295 g/mol. The Hall–Kier alpha value is -0.0700. The lowest BCUT2D eigenvalue weighted by Gasteiger charge is -2.08. The molecule has 0 aliphatic rings. The molecule has 0 fully saturated rings. The fourth-order valence-electron chi connectivity index (χ4n) is 3.50. The van der Waals surface area contributed by atoms with Crippen LogP contribution in [0.5, 0.6) is 0 Å². The fourth-order valence-corrected chi connectivity index (χ4v) is 3.50. The normalized spacial score (nSPS) is 12.6. The van der Waals surface area contributed by atoms with Crippen LogP contribution in [-0.2, 0) is 0 Å². The lowest BCUT2D eigenvalue weighted by atomic mass is 10.0. The largest absolute Gasteiger partial charge is 0.247 e. The van der Waals surface area contributed by atoms with Crippen LogP contribution in [0.3, 0.4) is 0 Å². The van der Waals surface area contributed by atoms with Crippen LogP contribution < -0.4 is 0 Å². The molecule has 0 aromatic carbocycles. The summed E-state index contributed by atoms with van der Waals surface area (Å²) in [4.78, 5) is 0. The number of hydrogen-bond acceptors (Lipinski definition) is 0. The maximum absolute atomic E-state index is 13.7. The zero-order chi connectivity index (χ0) is 17.7. The molecule has 0 aliphatic carbocycles. The minimum absolute atomic E-state index is 0.529. The Kier molecular flexibility index (Phi) is 20.9. The van der Waals surface area contributed by atoms with E-state index in [0.29, 0.717) is 0 Å². The first-order chi connectivity index (χ1) is 11.8. The topological polar surface area (TPSA) is 0 Å². The number of halogens is 1. The third kappa shape index (κ3) is 20.0. The van der Waals surface area contributed by atoms with Gasteiger partial charge in [-0.1, -0.05) is 129 Å². The van der Waals surface area contributed by atoms with E-state index in [2.05, 4.69) is 13.8 Å². The first-order valence-electron chi connectivity index (χ1n) is 11.4. The van der Waals surface area contributed by atoms with Crippen molar-refractivity contribution in [2.75, 3.05) is 0 Å². The SMILES string of the molecule is CCCCCCCCCCCCCCCCC(F)CCCCCC. The molecule has 1 heteroatoms. The lowest BCUT2D eigenvalue weighted by molar-refractivity contribution is 0.279. The summed E-state index contributed by atoms with van der Waals surface area (Å²) >= 11 is 0. The average Bonchev–Trinajstić information content (AvgIpc) is 2.59. The van der Waals surface area contributed by atoms with Gasteiger partial charge in [0.15, 0.2) is 0 Å². The van der Waals surface area contributed by atoms with E-state index in [9.17, 15) is 4.39 Å². The molecule has 0 saturated heterocycles. The Morgan fingerprint density at radius 3 is 1.00 bits per heavy atom. The van der Waals surface area contributed by atoms with E-state index in [1.807, 2.05) is 0 Å². The average molecular weight is 343 g/mol. The zero-order valence-corrected chi connectivity index (χ0v) is 17.1. The molecule has 0 nitrogen and oxygen atoms in total. The standard InChI is InChI=1S/C23H47F/c1-3-5-7-9-10-11-12-13-14-15-16-17-18-20-22-23(24)21-19-8-6-4-2/h23H,3-22H2,1-2H3. The first kappa shape index (κ1) is 23.9. The second-order valence-corrected chi connectivity index (χ2v) is 7.83. The van der Waals surface area contributed by atoms with E-state index >= 15 is 0 Å². The molecule has 0 aromatic heterocycles. The van der Waals surface area contributed by atoms with Gasteiger partial charge in [0, 0.05) is 0 Å². The van der Waals surface area contributed by atoms with Crippen molar-refractivity contribution in [3.63, 3.8) is 0 Å². The molecule has 146 valence electrons. The van der Waals surface area contributed by atoms with Crippen molar-refractivity contribution in [2.24, 2.45) is 0 Å². The van der Waals surface area contributed by atoms with E-state index in [-0.39, 0.29) is 0 Å². The van der Waals surface area contributed by atoms with Crippen molar-refractivity contribution < 1.29 is 4.39 Å².